The molecular formula is C26H23N3O3S2. The molecule has 1 N–H and O–H groups in total. The maximum Gasteiger partial charge on any atom is 0.238 e. The fourth-order valence-electron chi connectivity index (χ4n) is 5.33. The van der Waals surface area contributed by atoms with Crippen molar-refractivity contribution < 1.29 is 14.4 Å². The maximum absolute atomic E-state index is 13.1. The van der Waals surface area contributed by atoms with Crippen molar-refractivity contribution in [3.8, 4) is 0 Å². The van der Waals surface area contributed by atoms with Crippen molar-refractivity contribution in [2.24, 2.45) is 23.7 Å². The lowest BCUT2D eigenvalue weighted by Crippen LogP contribution is -2.32. The van der Waals surface area contributed by atoms with E-state index in [9.17, 15) is 14.4 Å². The average molecular weight is 490 g/mol. The number of imide groups is 1. The van der Waals surface area contributed by atoms with Crippen LogP contribution in [0.25, 0.3) is 10.2 Å². The van der Waals surface area contributed by atoms with Crippen molar-refractivity contribution in [2.75, 3.05) is 10.7 Å². The number of aromatic nitrogens is 1. The minimum absolute atomic E-state index is 0.0476. The van der Waals surface area contributed by atoms with Crippen LogP contribution in [0.1, 0.15) is 17.5 Å². The topological polar surface area (TPSA) is 79.4 Å². The van der Waals surface area contributed by atoms with Crippen LogP contribution >= 0.6 is 23.1 Å². The molecule has 4 atom stereocenters. The summed E-state index contributed by atoms with van der Waals surface area (Å²) in [5.41, 5.74) is 3.68. The van der Waals surface area contributed by atoms with Crippen LogP contribution in [0.15, 0.2) is 59.0 Å². The van der Waals surface area contributed by atoms with Gasteiger partial charge in [0.2, 0.25) is 17.7 Å². The Labute approximate surface area is 205 Å². The molecule has 2 fully saturated rings. The van der Waals surface area contributed by atoms with Gasteiger partial charge >= 0.3 is 0 Å². The number of carbonyl (C=O) groups is 3. The monoisotopic (exact) mass is 489 g/mol. The number of thiazole rings is 1. The predicted molar refractivity (Wildman–Crippen MR) is 134 cm³/mol. The average Bonchev–Trinajstić information content (AvgIpc) is 3.60. The molecule has 1 aromatic heterocycles. The molecule has 3 aliphatic rings. The Hall–Kier alpha value is -2.97. The fraction of sp³-hybridized carbons (Fsp3) is 0.308. The molecule has 0 radical (unpaired) electrons. The smallest absolute Gasteiger partial charge is 0.238 e. The minimum Gasteiger partial charge on any atom is -0.351 e. The standard InChI is InChI=1S/C26H23N3O3S2/c1-14-2-4-15(5-3-14)12-27-21(30)13-33-26-28-19-9-8-18(11-20(19)34-26)29-24(31)22-16-6-7-17(10-16)23(22)25(29)32/h2-9,11,16-17,22-23H,10,12-13H2,1H3,(H,27,30)/t16-,17-,22-,23+/m0/s1. The second-order valence-electron chi connectivity index (χ2n) is 9.19. The molecule has 1 saturated carbocycles. The number of fused-ring (bicyclic) bond motifs is 6. The van der Waals surface area contributed by atoms with Crippen LogP contribution < -0.4 is 10.2 Å². The SMILES string of the molecule is Cc1ccc(CNC(=O)CSc2nc3ccc(N4C(=O)[C@@H]5[C@H](C4=O)[C@H]4C=C[C@H]5C4)cc3s2)cc1. The first-order chi connectivity index (χ1) is 16.5. The quantitative estimate of drug-likeness (QED) is 0.317. The fourth-order valence-corrected chi connectivity index (χ4v) is 7.27. The number of nitrogens with zero attached hydrogens (tertiary/aromatic N) is 2. The number of carbonyl (C=O) groups excluding carboxylic acids is 3. The number of hydrogen-bond acceptors (Lipinski definition) is 6. The number of nitrogens with one attached hydrogen (secondary N) is 1. The summed E-state index contributed by atoms with van der Waals surface area (Å²) < 4.78 is 1.69. The van der Waals surface area contributed by atoms with E-state index in [4.69, 9.17) is 0 Å². The number of amides is 3. The van der Waals surface area contributed by atoms with Gasteiger partial charge in [-0.25, -0.2) is 9.88 Å². The molecule has 34 heavy (non-hydrogen) atoms. The Morgan fingerprint density at radius 1 is 1.09 bits per heavy atom. The van der Waals surface area contributed by atoms with Gasteiger partial charge in [-0.2, -0.15) is 0 Å². The number of allylic oxidation sites excluding steroid dienone is 2. The van der Waals surface area contributed by atoms with Crippen LogP contribution in [-0.2, 0) is 20.9 Å². The van der Waals surface area contributed by atoms with Crippen LogP contribution in [0.5, 0.6) is 0 Å². The number of thioether (sulfide) groups is 1. The molecule has 6 rings (SSSR count). The molecule has 0 unspecified atom stereocenters. The first kappa shape index (κ1) is 21.6. The second-order valence-corrected chi connectivity index (χ2v) is 11.4. The van der Waals surface area contributed by atoms with Gasteiger partial charge in [-0.05, 0) is 48.9 Å². The predicted octanol–water partition coefficient (Wildman–Crippen LogP) is 4.32. The molecule has 172 valence electrons. The van der Waals surface area contributed by atoms with E-state index < -0.39 is 0 Å². The Kier molecular flexibility index (Phi) is 5.30. The molecule has 1 aliphatic heterocycles. The van der Waals surface area contributed by atoms with Crippen molar-refractivity contribution in [3.05, 3.63) is 65.7 Å². The van der Waals surface area contributed by atoms with Gasteiger partial charge in [-0.15, -0.1) is 11.3 Å². The van der Waals surface area contributed by atoms with E-state index in [0.717, 1.165) is 26.5 Å². The molecule has 0 spiro atoms. The van der Waals surface area contributed by atoms with Gasteiger partial charge in [0.05, 0.1) is 33.5 Å². The van der Waals surface area contributed by atoms with Crippen LogP contribution in [0, 0.1) is 30.6 Å². The zero-order valence-corrected chi connectivity index (χ0v) is 20.2. The molecule has 3 aromatic rings. The van der Waals surface area contributed by atoms with E-state index in [-0.39, 0.29) is 47.1 Å². The zero-order valence-electron chi connectivity index (χ0n) is 18.6. The lowest BCUT2D eigenvalue weighted by atomic mass is 9.85. The molecule has 2 aliphatic carbocycles. The summed E-state index contributed by atoms with van der Waals surface area (Å²) in [5.74, 6) is 0.0707. The third kappa shape index (κ3) is 3.65. The molecule has 1 saturated heterocycles. The summed E-state index contributed by atoms with van der Waals surface area (Å²) in [7, 11) is 0. The van der Waals surface area contributed by atoms with Gasteiger partial charge in [0.15, 0.2) is 4.34 Å². The number of rotatable bonds is 6. The number of anilines is 1. The van der Waals surface area contributed by atoms with Crippen molar-refractivity contribution in [3.63, 3.8) is 0 Å². The summed E-state index contributed by atoms with van der Waals surface area (Å²) in [6.45, 7) is 2.53. The molecular weight excluding hydrogens is 466 g/mol. The van der Waals surface area contributed by atoms with Gasteiger partial charge in [-0.3, -0.25) is 14.4 Å². The highest BCUT2D eigenvalue weighted by atomic mass is 32.2. The highest BCUT2D eigenvalue weighted by Gasteiger charge is 2.59. The summed E-state index contributed by atoms with van der Waals surface area (Å²) in [6, 6.07) is 13.6. The second kappa shape index (κ2) is 8.36. The molecule has 2 bridgehead atoms. The van der Waals surface area contributed by atoms with Gasteiger partial charge in [0.1, 0.15) is 0 Å². The molecule has 8 heteroatoms. The van der Waals surface area contributed by atoms with Gasteiger partial charge in [-0.1, -0.05) is 53.7 Å². The summed E-state index contributed by atoms with van der Waals surface area (Å²) >= 11 is 2.87. The Bertz CT molecular complexity index is 1320. The largest absolute Gasteiger partial charge is 0.351 e. The van der Waals surface area contributed by atoms with Gasteiger partial charge < -0.3 is 5.32 Å². The van der Waals surface area contributed by atoms with Gasteiger partial charge in [0, 0.05) is 6.54 Å². The first-order valence-corrected chi connectivity index (χ1v) is 13.2. The summed E-state index contributed by atoms with van der Waals surface area (Å²) in [4.78, 5) is 44.5. The normalized spacial score (nSPS) is 24.9. The highest BCUT2D eigenvalue weighted by Crippen LogP contribution is 2.53. The molecule has 2 aromatic carbocycles. The van der Waals surface area contributed by atoms with Crippen molar-refractivity contribution >= 4 is 56.7 Å². The maximum atomic E-state index is 13.1. The minimum atomic E-state index is -0.204. The van der Waals surface area contributed by atoms with Crippen LogP contribution in [0.3, 0.4) is 0 Å². The highest BCUT2D eigenvalue weighted by molar-refractivity contribution is 8.01. The zero-order chi connectivity index (χ0) is 23.4. The van der Waals surface area contributed by atoms with Crippen LogP contribution in [0.2, 0.25) is 0 Å². The van der Waals surface area contributed by atoms with Crippen LogP contribution in [0.4, 0.5) is 5.69 Å². The van der Waals surface area contributed by atoms with E-state index in [1.54, 1.807) is 6.07 Å². The number of benzene rings is 2. The van der Waals surface area contributed by atoms with E-state index in [1.807, 2.05) is 43.3 Å². The van der Waals surface area contributed by atoms with E-state index >= 15 is 0 Å². The molecule has 3 amide bonds. The number of aryl methyl sites for hydroxylation is 1. The Balaban J connectivity index is 1.12. The van der Waals surface area contributed by atoms with Crippen molar-refractivity contribution in [1.82, 2.24) is 10.3 Å². The van der Waals surface area contributed by atoms with Crippen molar-refractivity contribution in [2.45, 2.75) is 24.2 Å². The summed E-state index contributed by atoms with van der Waals surface area (Å²) in [5, 5.41) is 2.94. The Morgan fingerprint density at radius 2 is 1.79 bits per heavy atom. The Morgan fingerprint density at radius 3 is 2.50 bits per heavy atom. The summed E-state index contributed by atoms with van der Waals surface area (Å²) in [6.07, 6.45) is 5.13. The first-order valence-electron chi connectivity index (χ1n) is 11.4. The van der Waals surface area contributed by atoms with Crippen LogP contribution in [-0.4, -0.2) is 28.5 Å². The van der Waals surface area contributed by atoms with Crippen molar-refractivity contribution in [1.29, 1.82) is 0 Å². The van der Waals surface area contributed by atoms with E-state index in [2.05, 4.69) is 22.5 Å². The lowest BCUT2D eigenvalue weighted by molar-refractivity contribution is -0.123. The third-order valence-corrected chi connectivity index (χ3v) is 9.18. The molecule has 2 heterocycles. The molecule has 6 nitrogen and oxygen atoms in total. The lowest BCUT2D eigenvalue weighted by Gasteiger charge is -2.17. The van der Waals surface area contributed by atoms with Gasteiger partial charge in [0.25, 0.3) is 0 Å². The number of hydrogen-bond donors (Lipinski definition) is 1. The van der Waals surface area contributed by atoms with E-state index in [0.29, 0.717) is 12.2 Å². The third-order valence-electron chi connectivity index (χ3n) is 7.02. The van der Waals surface area contributed by atoms with E-state index in [1.165, 1.54) is 33.6 Å².